The fraction of sp³-hybridized carbons (Fsp3) is 0.667. The van der Waals surface area contributed by atoms with Gasteiger partial charge in [-0.25, -0.2) is 0 Å². The minimum absolute atomic E-state index is 0.151. The van der Waals surface area contributed by atoms with Crippen LogP contribution in [0.25, 0.3) is 0 Å². The zero-order chi connectivity index (χ0) is 11.5. The number of aryl methyl sites for hydroxylation is 1. The first-order valence-corrected chi connectivity index (χ1v) is 4.75. The zero-order valence-corrected chi connectivity index (χ0v) is 8.67. The van der Waals surface area contributed by atoms with E-state index in [0.29, 0.717) is 6.54 Å². The van der Waals surface area contributed by atoms with Crippen molar-refractivity contribution in [1.29, 1.82) is 0 Å². The van der Waals surface area contributed by atoms with E-state index in [9.17, 15) is 13.2 Å². The standard InChI is InChI=1S/C9H14F3N3/c1-3-4-15-6-7(5-14-15)8(13-2)9(10,11)12/h5-6,8,13H,3-4H2,1-2H3. The lowest BCUT2D eigenvalue weighted by Gasteiger charge is -2.17. The average molecular weight is 221 g/mol. The number of halogens is 3. The second-order valence-corrected chi connectivity index (χ2v) is 3.30. The number of alkyl halides is 3. The van der Waals surface area contributed by atoms with Crippen LogP contribution in [-0.4, -0.2) is 23.0 Å². The summed E-state index contributed by atoms with van der Waals surface area (Å²) in [6.07, 6.45) is -0.755. The summed E-state index contributed by atoms with van der Waals surface area (Å²) in [6, 6.07) is -1.64. The summed E-state index contributed by atoms with van der Waals surface area (Å²) in [7, 11) is 1.29. The molecule has 0 aliphatic carbocycles. The molecule has 0 bridgehead atoms. The summed E-state index contributed by atoms with van der Waals surface area (Å²) >= 11 is 0. The van der Waals surface area contributed by atoms with Gasteiger partial charge in [-0.3, -0.25) is 4.68 Å². The molecule has 0 fully saturated rings. The van der Waals surface area contributed by atoms with Gasteiger partial charge in [0, 0.05) is 18.3 Å². The molecule has 0 saturated heterocycles. The Hall–Kier alpha value is -1.04. The molecule has 1 rings (SSSR count). The van der Waals surface area contributed by atoms with Crippen LogP contribution >= 0.6 is 0 Å². The summed E-state index contributed by atoms with van der Waals surface area (Å²) in [4.78, 5) is 0. The third-order valence-electron chi connectivity index (χ3n) is 2.06. The van der Waals surface area contributed by atoms with Gasteiger partial charge in [-0.1, -0.05) is 6.92 Å². The summed E-state index contributed by atoms with van der Waals surface area (Å²) in [5.41, 5.74) is 0.151. The lowest BCUT2D eigenvalue weighted by Crippen LogP contribution is -2.31. The van der Waals surface area contributed by atoms with Crippen molar-refractivity contribution in [2.45, 2.75) is 32.1 Å². The van der Waals surface area contributed by atoms with Crippen LogP contribution in [0.3, 0.4) is 0 Å². The number of hydrogen-bond acceptors (Lipinski definition) is 2. The van der Waals surface area contributed by atoms with Crippen LogP contribution < -0.4 is 5.32 Å². The van der Waals surface area contributed by atoms with Gasteiger partial charge in [0.2, 0.25) is 0 Å². The summed E-state index contributed by atoms with van der Waals surface area (Å²) in [5, 5.41) is 6.10. The minimum Gasteiger partial charge on any atom is -0.305 e. The molecule has 1 aromatic rings. The molecule has 0 aliphatic heterocycles. The second kappa shape index (κ2) is 4.65. The van der Waals surface area contributed by atoms with E-state index in [1.54, 1.807) is 0 Å². The van der Waals surface area contributed by atoms with Gasteiger partial charge in [0.05, 0.1) is 6.20 Å². The number of aromatic nitrogens is 2. The van der Waals surface area contributed by atoms with E-state index in [1.807, 2.05) is 6.92 Å². The Bertz CT molecular complexity index is 306. The van der Waals surface area contributed by atoms with Crippen molar-refractivity contribution in [2.24, 2.45) is 0 Å². The Labute approximate surface area is 86.3 Å². The van der Waals surface area contributed by atoms with Crippen LogP contribution in [0.5, 0.6) is 0 Å². The highest BCUT2D eigenvalue weighted by Crippen LogP contribution is 2.31. The van der Waals surface area contributed by atoms with Crippen LogP contribution in [0.2, 0.25) is 0 Å². The van der Waals surface area contributed by atoms with Crippen molar-refractivity contribution in [1.82, 2.24) is 15.1 Å². The Morgan fingerprint density at radius 1 is 1.53 bits per heavy atom. The van der Waals surface area contributed by atoms with Gasteiger partial charge >= 0.3 is 6.18 Å². The molecule has 1 unspecified atom stereocenters. The maximum Gasteiger partial charge on any atom is 0.408 e. The highest BCUT2D eigenvalue weighted by atomic mass is 19.4. The van der Waals surface area contributed by atoms with E-state index >= 15 is 0 Å². The van der Waals surface area contributed by atoms with Crippen molar-refractivity contribution in [3.05, 3.63) is 18.0 Å². The normalized spacial score (nSPS) is 14.2. The van der Waals surface area contributed by atoms with Crippen molar-refractivity contribution < 1.29 is 13.2 Å². The van der Waals surface area contributed by atoms with Gasteiger partial charge in [-0.05, 0) is 13.5 Å². The molecule has 0 amide bonds. The van der Waals surface area contributed by atoms with Gasteiger partial charge in [-0.2, -0.15) is 18.3 Å². The Balaban J connectivity index is 2.83. The first-order chi connectivity index (χ1) is 6.99. The van der Waals surface area contributed by atoms with E-state index < -0.39 is 12.2 Å². The molecule has 3 nitrogen and oxygen atoms in total. The number of rotatable bonds is 4. The molecule has 0 spiro atoms. The van der Waals surface area contributed by atoms with Crippen LogP contribution in [0.1, 0.15) is 24.9 Å². The minimum atomic E-state index is -4.28. The van der Waals surface area contributed by atoms with Crippen LogP contribution in [0.4, 0.5) is 13.2 Å². The summed E-state index contributed by atoms with van der Waals surface area (Å²) in [6.45, 7) is 2.58. The average Bonchev–Trinajstić information content (AvgIpc) is 2.52. The predicted molar refractivity (Wildman–Crippen MR) is 50.4 cm³/mol. The maximum atomic E-state index is 12.5. The molecular formula is C9H14F3N3. The van der Waals surface area contributed by atoms with E-state index in [0.717, 1.165) is 6.42 Å². The Morgan fingerprint density at radius 2 is 2.20 bits per heavy atom. The van der Waals surface area contributed by atoms with Gasteiger partial charge in [0.1, 0.15) is 6.04 Å². The van der Waals surface area contributed by atoms with Crippen molar-refractivity contribution in [2.75, 3.05) is 7.05 Å². The first kappa shape index (κ1) is 12.0. The molecule has 1 N–H and O–H groups in total. The SMILES string of the molecule is CCCn1cc(C(NC)C(F)(F)F)cn1. The van der Waals surface area contributed by atoms with E-state index in [2.05, 4.69) is 10.4 Å². The molecule has 0 radical (unpaired) electrons. The molecule has 86 valence electrons. The van der Waals surface area contributed by atoms with Gasteiger partial charge in [0.25, 0.3) is 0 Å². The third kappa shape index (κ3) is 2.95. The Morgan fingerprint density at radius 3 is 2.67 bits per heavy atom. The van der Waals surface area contributed by atoms with Crippen molar-refractivity contribution in [3.8, 4) is 0 Å². The monoisotopic (exact) mass is 221 g/mol. The predicted octanol–water partition coefficient (Wildman–Crippen LogP) is 2.12. The number of nitrogens with one attached hydrogen (secondary N) is 1. The van der Waals surface area contributed by atoms with E-state index in [1.165, 1.54) is 24.1 Å². The van der Waals surface area contributed by atoms with E-state index in [-0.39, 0.29) is 5.56 Å². The molecule has 1 atom stereocenters. The largest absolute Gasteiger partial charge is 0.408 e. The Kier molecular flexibility index (Phi) is 3.73. The molecular weight excluding hydrogens is 207 g/mol. The van der Waals surface area contributed by atoms with Crippen molar-refractivity contribution >= 4 is 0 Å². The lowest BCUT2D eigenvalue weighted by atomic mass is 10.1. The smallest absolute Gasteiger partial charge is 0.305 e. The molecule has 15 heavy (non-hydrogen) atoms. The fourth-order valence-corrected chi connectivity index (χ4v) is 1.40. The van der Waals surface area contributed by atoms with Gasteiger partial charge in [0.15, 0.2) is 0 Å². The lowest BCUT2D eigenvalue weighted by molar-refractivity contribution is -0.156. The molecule has 0 saturated carbocycles. The zero-order valence-electron chi connectivity index (χ0n) is 8.67. The number of hydrogen-bond donors (Lipinski definition) is 1. The van der Waals surface area contributed by atoms with Crippen LogP contribution in [-0.2, 0) is 6.54 Å². The molecule has 0 aliphatic rings. The summed E-state index contributed by atoms with van der Waals surface area (Å²) < 4.78 is 39.0. The quantitative estimate of drug-likeness (QED) is 0.844. The second-order valence-electron chi connectivity index (χ2n) is 3.30. The molecule has 1 heterocycles. The third-order valence-corrected chi connectivity index (χ3v) is 2.06. The molecule has 0 aromatic carbocycles. The van der Waals surface area contributed by atoms with Crippen LogP contribution in [0, 0.1) is 0 Å². The van der Waals surface area contributed by atoms with E-state index in [4.69, 9.17) is 0 Å². The maximum absolute atomic E-state index is 12.5. The molecule has 1 aromatic heterocycles. The van der Waals surface area contributed by atoms with Crippen molar-refractivity contribution in [3.63, 3.8) is 0 Å². The fourth-order valence-electron chi connectivity index (χ4n) is 1.40. The first-order valence-electron chi connectivity index (χ1n) is 4.75. The highest BCUT2D eigenvalue weighted by molar-refractivity contribution is 5.12. The number of nitrogens with zero attached hydrogens (tertiary/aromatic N) is 2. The van der Waals surface area contributed by atoms with Gasteiger partial charge in [-0.15, -0.1) is 0 Å². The topological polar surface area (TPSA) is 29.9 Å². The molecule has 6 heteroatoms. The van der Waals surface area contributed by atoms with Crippen LogP contribution in [0.15, 0.2) is 12.4 Å². The van der Waals surface area contributed by atoms with Gasteiger partial charge < -0.3 is 5.32 Å². The summed E-state index contributed by atoms with van der Waals surface area (Å²) in [5.74, 6) is 0. The highest BCUT2D eigenvalue weighted by Gasteiger charge is 2.40.